The summed E-state index contributed by atoms with van der Waals surface area (Å²) in [5.41, 5.74) is 9.58. The summed E-state index contributed by atoms with van der Waals surface area (Å²) in [5, 5.41) is 0.597. The molecule has 10 heteroatoms. The van der Waals surface area contributed by atoms with Gasteiger partial charge in [-0.25, -0.2) is 9.78 Å². The average molecular weight is 584 g/mol. The van der Waals surface area contributed by atoms with Crippen LogP contribution in [0.15, 0.2) is 77.6 Å². The van der Waals surface area contributed by atoms with Gasteiger partial charge in [-0.2, -0.15) is 0 Å². The number of carbonyl (C=O) groups is 1. The number of para-hydroxylation sites is 3. The van der Waals surface area contributed by atoms with Gasteiger partial charge in [-0.15, -0.1) is 22.7 Å². The summed E-state index contributed by atoms with van der Waals surface area (Å²) >= 11 is 2.62. The fourth-order valence-corrected chi connectivity index (χ4v) is 7.30. The van der Waals surface area contributed by atoms with Crippen molar-refractivity contribution in [3.63, 3.8) is 0 Å². The minimum Gasteiger partial charge on any atom is -0.496 e. The van der Waals surface area contributed by atoms with Crippen LogP contribution in [0.1, 0.15) is 22.1 Å². The molecule has 0 aliphatic carbocycles. The van der Waals surface area contributed by atoms with Crippen molar-refractivity contribution in [1.29, 1.82) is 0 Å². The first kappa shape index (κ1) is 26.5. The van der Waals surface area contributed by atoms with Gasteiger partial charge in [0.2, 0.25) is 0 Å². The van der Waals surface area contributed by atoms with Gasteiger partial charge in [-0.3, -0.25) is 9.36 Å². The number of methoxy groups -OCH3 is 3. The molecule has 1 aliphatic rings. The smallest absolute Gasteiger partial charge is 0.337 e. The number of hydrogen-bond acceptors (Lipinski definition) is 9. The molecule has 0 saturated carbocycles. The number of carbonyl (C=O) groups excluding carboxylic acids is 1. The average Bonchev–Trinajstić information content (AvgIpc) is 3.57. The fraction of sp³-hybridized carbons (Fsp3) is 0.129. The lowest BCUT2D eigenvalue weighted by Gasteiger charge is -2.28. The van der Waals surface area contributed by atoms with Gasteiger partial charge in [0.25, 0.3) is 5.56 Å². The number of allylic oxidation sites excluding steroid dienone is 1. The van der Waals surface area contributed by atoms with E-state index in [0.29, 0.717) is 36.8 Å². The van der Waals surface area contributed by atoms with Gasteiger partial charge in [-0.1, -0.05) is 48.5 Å². The molecule has 3 aromatic carbocycles. The van der Waals surface area contributed by atoms with E-state index in [1.165, 1.54) is 34.4 Å². The lowest BCUT2D eigenvalue weighted by molar-refractivity contribution is -0.134. The van der Waals surface area contributed by atoms with Crippen LogP contribution in [0.4, 0.5) is 0 Å². The number of ether oxygens (including phenoxy) is 3. The van der Waals surface area contributed by atoms with E-state index in [1.54, 1.807) is 20.3 Å². The molecule has 1 atom stereocenters. The third-order valence-corrected chi connectivity index (χ3v) is 9.13. The van der Waals surface area contributed by atoms with E-state index >= 15 is 0 Å². The standard InChI is InChI=1S/C31H25N3O5S2/c1-37-20-13-7-4-10-17(20)16-23-29(35)34-27(32)25(28-33-19-12-6-9-15-22(19)40-28)24(18-11-5-8-14-21(18)38-2)26(30(34)41-23)31(36)39-3/h4-16,24H,32H2,1-3H3/t24-/m0/s1. The number of benzene rings is 3. The van der Waals surface area contributed by atoms with Gasteiger partial charge in [0.05, 0.1) is 47.6 Å². The van der Waals surface area contributed by atoms with E-state index in [2.05, 4.69) is 0 Å². The summed E-state index contributed by atoms with van der Waals surface area (Å²) in [6, 6.07) is 22.6. The highest BCUT2D eigenvalue weighted by Crippen LogP contribution is 2.46. The van der Waals surface area contributed by atoms with Crippen LogP contribution in [0.5, 0.6) is 11.5 Å². The molecule has 0 spiro atoms. The van der Waals surface area contributed by atoms with E-state index in [-0.39, 0.29) is 17.0 Å². The molecule has 0 fully saturated rings. The van der Waals surface area contributed by atoms with Crippen LogP contribution in [0.3, 0.4) is 0 Å². The van der Waals surface area contributed by atoms with Gasteiger partial charge >= 0.3 is 5.97 Å². The highest BCUT2D eigenvalue weighted by molar-refractivity contribution is 7.19. The molecule has 3 heterocycles. The van der Waals surface area contributed by atoms with Crippen molar-refractivity contribution in [3.05, 3.63) is 108 Å². The van der Waals surface area contributed by atoms with Crippen LogP contribution >= 0.6 is 22.7 Å². The molecular weight excluding hydrogens is 558 g/mol. The molecule has 0 bridgehead atoms. The van der Waals surface area contributed by atoms with Crippen molar-refractivity contribution in [3.8, 4) is 11.5 Å². The molecule has 0 unspecified atom stereocenters. The molecule has 6 rings (SSSR count). The Balaban J connectivity index is 1.75. The maximum absolute atomic E-state index is 14.0. The Morgan fingerprint density at radius 1 is 0.927 bits per heavy atom. The molecule has 8 nitrogen and oxygen atoms in total. The lowest BCUT2D eigenvalue weighted by Crippen LogP contribution is -2.40. The molecule has 41 heavy (non-hydrogen) atoms. The maximum Gasteiger partial charge on any atom is 0.337 e. The monoisotopic (exact) mass is 583 g/mol. The SMILES string of the molecule is COC(=O)C1=c2sc(=Cc3ccccc3OC)c(=O)n2C(N)=C(c2nc3ccccc3s2)[C@@H]1c1ccccc1OC. The van der Waals surface area contributed by atoms with Crippen LogP contribution < -0.4 is 30.0 Å². The Morgan fingerprint density at radius 2 is 1.61 bits per heavy atom. The van der Waals surface area contributed by atoms with E-state index in [4.69, 9.17) is 24.9 Å². The Hall–Kier alpha value is -4.67. The van der Waals surface area contributed by atoms with Gasteiger partial charge in [0.1, 0.15) is 27.0 Å². The Labute approximate surface area is 242 Å². The van der Waals surface area contributed by atoms with Gasteiger partial charge < -0.3 is 19.9 Å². The molecule has 2 aromatic heterocycles. The van der Waals surface area contributed by atoms with Crippen LogP contribution in [0.2, 0.25) is 0 Å². The van der Waals surface area contributed by atoms with Crippen molar-refractivity contribution in [2.75, 3.05) is 21.3 Å². The first-order chi connectivity index (χ1) is 20.0. The number of hydrogen-bond donors (Lipinski definition) is 1. The number of fused-ring (bicyclic) bond motifs is 2. The van der Waals surface area contributed by atoms with Crippen molar-refractivity contribution < 1.29 is 19.0 Å². The van der Waals surface area contributed by atoms with Gasteiger partial charge in [0.15, 0.2) is 0 Å². The van der Waals surface area contributed by atoms with Crippen molar-refractivity contribution in [2.45, 2.75) is 5.92 Å². The Morgan fingerprint density at radius 3 is 2.34 bits per heavy atom. The quantitative estimate of drug-likeness (QED) is 0.304. The summed E-state index contributed by atoms with van der Waals surface area (Å²) in [4.78, 5) is 32.5. The second-order valence-electron chi connectivity index (χ2n) is 9.16. The number of nitrogens with two attached hydrogens (primary N) is 1. The topological polar surface area (TPSA) is 106 Å². The minimum absolute atomic E-state index is 0.198. The van der Waals surface area contributed by atoms with Crippen molar-refractivity contribution in [2.24, 2.45) is 5.73 Å². The number of aromatic nitrogens is 2. The minimum atomic E-state index is -0.712. The van der Waals surface area contributed by atoms with Crippen LogP contribution in [0.25, 0.3) is 33.3 Å². The molecule has 5 aromatic rings. The van der Waals surface area contributed by atoms with Crippen molar-refractivity contribution >= 4 is 61.9 Å². The summed E-state index contributed by atoms with van der Waals surface area (Å²) in [7, 11) is 4.47. The number of nitrogens with zero attached hydrogens (tertiary/aromatic N) is 2. The number of thiazole rings is 2. The van der Waals surface area contributed by atoms with Crippen molar-refractivity contribution in [1.82, 2.24) is 9.55 Å². The summed E-state index contributed by atoms with van der Waals surface area (Å²) < 4.78 is 19.7. The molecular formula is C31H25N3O5S2. The van der Waals surface area contributed by atoms with Gasteiger partial charge in [0, 0.05) is 16.7 Å². The van der Waals surface area contributed by atoms with E-state index in [9.17, 15) is 9.59 Å². The number of esters is 1. The highest BCUT2D eigenvalue weighted by atomic mass is 32.1. The zero-order chi connectivity index (χ0) is 28.7. The van der Waals surface area contributed by atoms with Crippen LogP contribution in [0, 0.1) is 0 Å². The van der Waals surface area contributed by atoms with Crippen LogP contribution in [-0.2, 0) is 9.53 Å². The van der Waals surface area contributed by atoms with Crippen LogP contribution in [-0.4, -0.2) is 36.8 Å². The highest BCUT2D eigenvalue weighted by Gasteiger charge is 2.39. The molecule has 0 radical (unpaired) electrons. The summed E-state index contributed by atoms with van der Waals surface area (Å²) in [6.45, 7) is 0. The molecule has 206 valence electrons. The zero-order valence-corrected chi connectivity index (χ0v) is 24.0. The van der Waals surface area contributed by atoms with E-state index < -0.39 is 11.9 Å². The fourth-order valence-electron chi connectivity index (χ4n) is 5.10. The normalized spacial score (nSPS) is 15.2. The molecule has 0 amide bonds. The predicted molar refractivity (Wildman–Crippen MR) is 162 cm³/mol. The van der Waals surface area contributed by atoms with E-state index in [1.807, 2.05) is 72.8 Å². The predicted octanol–water partition coefficient (Wildman–Crippen LogP) is 3.77. The Kier molecular flexibility index (Phi) is 6.94. The van der Waals surface area contributed by atoms with E-state index in [0.717, 1.165) is 15.8 Å². The number of rotatable bonds is 6. The second kappa shape index (κ2) is 10.7. The molecule has 2 N–H and O–H groups in total. The first-order valence-electron chi connectivity index (χ1n) is 12.6. The summed E-state index contributed by atoms with van der Waals surface area (Å²) in [6.07, 6.45) is 1.74. The first-order valence-corrected chi connectivity index (χ1v) is 14.3. The third-order valence-electron chi connectivity index (χ3n) is 6.95. The second-order valence-corrected chi connectivity index (χ2v) is 11.2. The summed E-state index contributed by atoms with van der Waals surface area (Å²) in [5.74, 6) is 0.0928. The zero-order valence-electron chi connectivity index (χ0n) is 22.4. The third kappa shape index (κ3) is 4.41. The molecule has 0 saturated heterocycles. The largest absolute Gasteiger partial charge is 0.496 e. The lowest BCUT2D eigenvalue weighted by atomic mass is 9.83. The molecule has 1 aliphatic heterocycles. The Bertz CT molecular complexity index is 2000. The maximum atomic E-state index is 14.0. The van der Waals surface area contributed by atoms with Gasteiger partial charge in [-0.05, 0) is 30.3 Å².